The number of rotatable bonds is 1. The number of esters is 1. The van der Waals surface area contributed by atoms with Crippen LogP contribution in [-0.4, -0.2) is 30.0 Å². The summed E-state index contributed by atoms with van der Waals surface area (Å²) in [5, 5.41) is 2.97. The van der Waals surface area contributed by atoms with E-state index in [1.165, 1.54) is 5.56 Å². The molecule has 0 bridgehead atoms. The number of aryl methyl sites for hydroxylation is 2. The lowest BCUT2D eigenvalue weighted by Crippen LogP contribution is -2.46. The summed E-state index contributed by atoms with van der Waals surface area (Å²) in [6, 6.07) is 13.4. The van der Waals surface area contributed by atoms with Crippen LogP contribution in [0.4, 0.5) is 10.5 Å². The molecule has 0 aliphatic carbocycles. The molecule has 0 radical (unpaired) electrons. The number of likely N-dealkylation sites (tertiary alicyclic amines) is 1. The molecule has 0 aromatic heterocycles. The third-order valence-corrected chi connectivity index (χ3v) is 5.54. The number of carbonyl (C=O) groups is 2. The van der Waals surface area contributed by atoms with Gasteiger partial charge in [0.1, 0.15) is 5.60 Å². The number of urea groups is 1. The molecule has 1 spiro atoms. The van der Waals surface area contributed by atoms with Crippen LogP contribution in [0.3, 0.4) is 0 Å². The lowest BCUT2D eigenvalue weighted by atomic mass is 9.84. The average Bonchev–Trinajstić information content (AvgIpc) is 2.91. The Morgan fingerprint density at radius 1 is 1.08 bits per heavy atom. The predicted octanol–water partition coefficient (Wildman–Crippen LogP) is 4.00. The van der Waals surface area contributed by atoms with Crippen molar-refractivity contribution in [2.45, 2.75) is 32.3 Å². The maximum atomic E-state index is 12.6. The second-order valence-corrected chi connectivity index (χ2v) is 7.15. The summed E-state index contributed by atoms with van der Waals surface area (Å²) in [5.41, 5.74) is 4.18. The number of ether oxygens (including phenoxy) is 1. The van der Waals surface area contributed by atoms with Gasteiger partial charge in [0.15, 0.2) is 0 Å². The van der Waals surface area contributed by atoms with Gasteiger partial charge in [-0.25, -0.2) is 9.59 Å². The highest BCUT2D eigenvalue weighted by Crippen LogP contribution is 2.43. The van der Waals surface area contributed by atoms with Gasteiger partial charge in [0.05, 0.1) is 5.56 Å². The molecule has 1 fully saturated rings. The Balaban J connectivity index is 1.45. The average molecular weight is 350 g/mol. The molecule has 2 aliphatic heterocycles. The van der Waals surface area contributed by atoms with Crippen molar-refractivity contribution in [1.29, 1.82) is 0 Å². The van der Waals surface area contributed by atoms with Crippen LogP contribution < -0.4 is 5.32 Å². The topological polar surface area (TPSA) is 58.6 Å². The number of fused-ring (bicyclic) bond motifs is 2. The SMILES string of the molecule is Cc1ccc(NC(=O)N2CCC3(CC2)OC(=O)c2ccccc23)cc1C. The molecular formula is C21H22N2O3. The highest BCUT2D eigenvalue weighted by Gasteiger charge is 2.47. The minimum atomic E-state index is -0.578. The molecule has 2 heterocycles. The third-order valence-electron chi connectivity index (χ3n) is 5.54. The second-order valence-electron chi connectivity index (χ2n) is 7.15. The molecule has 2 aromatic rings. The quantitative estimate of drug-likeness (QED) is 0.791. The van der Waals surface area contributed by atoms with Crippen molar-refractivity contribution >= 4 is 17.7 Å². The Bertz CT molecular complexity index is 883. The first kappa shape index (κ1) is 16.6. The summed E-state index contributed by atoms with van der Waals surface area (Å²) in [6.07, 6.45) is 1.24. The molecule has 1 N–H and O–H groups in total. The summed E-state index contributed by atoms with van der Waals surface area (Å²) in [6.45, 7) is 5.18. The molecule has 134 valence electrons. The molecule has 4 rings (SSSR count). The van der Waals surface area contributed by atoms with Gasteiger partial charge in [-0.3, -0.25) is 0 Å². The van der Waals surface area contributed by atoms with E-state index in [0.717, 1.165) is 16.8 Å². The zero-order chi connectivity index (χ0) is 18.3. The first-order valence-electron chi connectivity index (χ1n) is 8.95. The highest BCUT2D eigenvalue weighted by molar-refractivity contribution is 5.95. The lowest BCUT2D eigenvalue weighted by Gasteiger charge is -2.38. The zero-order valence-electron chi connectivity index (χ0n) is 15.0. The van der Waals surface area contributed by atoms with Crippen LogP contribution in [0.5, 0.6) is 0 Å². The van der Waals surface area contributed by atoms with E-state index in [0.29, 0.717) is 31.5 Å². The maximum Gasteiger partial charge on any atom is 0.339 e. The molecule has 2 aliphatic rings. The predicted molar refractivity (Wildman–Crippen MR) is 99.3 cm³/mol. The van der Waals surface area contributed by atoms with E-state index in [-0.39, 0.29) is 12.0 Å². The monoisotopic (exact) mass is 350 g/mol. The normalized spacial score (nSPS) is 17.8. The lowest BCUT2D eigenvalue weighted by molar-refractivity contribution is -0.0363. The molecule has 0 atom stereocenters. The number of nitrogens with one attached hydrogen (secondary N) is 1. The van der Waals surface area contributed by atoms with Crippen molar-refractivity contribution in [2.24, 2.45) is 0 Å². The summed E-state index contributed by atoms with van der Waals surface area (Å²) in [4.78, 5) is 26.5. The standard InChI is InChI=1S/C21H22N2O3/c1-14-7-8-16(13-15(14)2)22-20(25)23-11-9-21(10-12-23)18-6-4-3-5-17(18)19(24)26-21/h3-8,13H,9-12H2,1-2H3,(H,22,25). The number of hydrogen-bond acceptors (Lipinski definition) is 3. The fraction of sp³-hybridized carbons (Fsp3) is 0.333. The van der Waals surface area contributed by atoms with Crippen LogP contribution in [-0.2, 0) is 10.3 Å². The van der Waals surface area contributed by atoms with E-state index in [9.17, 15) is 9.59 Å². The van der Waals surface area contributed by atoms with Gasteiger partial charge < -0.3 is 15.0 Å². The Morgan fingerprint density at radius 2 is 1.81 bits per heavy atom. The molecular weight excluding hydrogens is 328 g/mol. The van der Waals surface area contributed by atoms with Gasteiger partial charge in [-0.05, 0) is 43.2 Å². The van der Waals surface area contributed by atoms with Crippen molar-refractivity contribution in [3.8, 4) is 0 Å². The van der Waals surface area contributed by atoms with Crippen molar-refractivity contribution in [2.75, 3.05) is 18.4 Å². The number of amides is 2. The van der Waals surface area contributed by atoms with E-state index in [1.807, 2.05) is 56.3 Å². The van der Waals surface area contributed by atoms with E-state index in [1.54, 1.807) is 4.90 Å². The molecule has 5 nitrogen and oxygen atoms in total. The summed E-state index contributed by atoms with van der Waals surface area (Å²) < 4.78 is 5.74. The Kier molecular flexibility index (Phi) is 3.94. The van der Waals surface area contributed by atoms with Crippen molar-refractivity contribution in [1.82, 2.24) is 4.90 Å². The third kappa shape index (κ3) is 2.73. The van der Waals surface area contributed by atoms with Gasteiger partial charge in [0, 0.05) is 37.2 Å². The van der Waals surface area contributed by atoms with Crippen LogP contribution in [0.2, 0.25) is 0 Å². The Morgan fingerprint density at radius 3 is 2.54 bits per heavy atom. The van der Waals surface area contributed by atoms with Gasteiger partial charge in [-0.2, -0.15) is 0 Å². The Hall–Kier alpha value is -2.82. The van der Waals surface area contributed by atoms with Crippen LogP contribution in [0.1, 0.15) is 39.9 Å². The number of piperidine rings is 1. The maximum absolute atomic E-state index is 12.6. The number of hydrogen-bond donors (Lipinski definition) is 1. The second kappa shape index (κ2) is 6.16. The molecule has 26 heavy (non-hydrogen) atoms. The van der Waals surface area contributed by atoms with Gasteiger partial charge >= 0.3 is 12.0 Å². The van der Waals surface area contributed by atoms with Crippen molar-refractivity contribution < 1.29 is 14.3 Å². The van der Waals surface area contributed by atoms with Crippen LogP contribution in [0.25, 0.3) is 0 Å². The van der Waals surface area contributed by atoms with Crippen LogP contribution in [0, 0.1) is 13.8 Å². The first-order chi connectivity index (χ1) is 12.5. The smallest absolute Gasteiger partial charge is 0.339 e. The highest BCUT2D eigenvalue weighted by atomic mass is 16.6. The number of anilines is 1. The van der Waals surface area contributed by atoms with Crippen molar-refractivity contribution in [3.05, 3.63) is 64.7 Å². The number of carbonyl (C=O) groups excluding carboxylic acids is 2. The van der Waals surface area contributed by atoms with E-state index < -0.39 is 5.60 Å². The fourth-order valence-electron chi connectivity index (χ4n) is 3.81. The Labute approximate surface area is 153 Å². The van der Waals surface area contributed by atoms with Gasteiger partial charge in [0.2, 0.25) is 0 Å². The van der Waals surface area contributed by atoms with Gasteiger partial charge in [-0.1, -0.05) is 24.3 Å². The summed E-state index contributed by atoms with van der Waals surface area (Å²) in [7, 11) is 0. The van der Waals surface area contributed by atoms with Gasteiger partial charge in [-0.15, -0.1) is 0 Å². The number of nitrogens with zero attached hydrogens (tertiary/aromatic N) is 1. The van der Waals surface area contributed by atoms with E-state index in [4.69, 9.17) is 4.74 Å². The van der Waals surface area contributed by atoms with Crippen LogP contribution in [0.15, 0.2) is 42.5 Å². The van der Waals surface area contributed by atoms with Crippen LogP contribution >= 0.6 is 0 Å². The minimum Gasteiger partial charge on any atom is -0.450 e. The summed E-state index contributed by atoms with van der Waals surface area (Å²) in [5.74, 6) is -0.256. The van der Waals surface area contributed by atoms with Crippen molar-refractivity contribution in [3.63, 3.8) is 0 Å². The molecule has 0 saturated carbocycles. The number of benzene rings is 2. The summed E-state index contributed by atoms with van der Waals surface area (Å²) >= 11 is 0. The fourth-order valence-corrected chi connectivity index (χ4v) is 3.81. The molecule has 0 unspecified atom stereocenters. The zero-order valence-corrected chi connectivity index (χ0v) is 15.0. The van der Waals surface area contributed by atoms with E-state index in [2.05, 4.69) is 5.32 Å². The molecule has 1 saturated heterocycles. The molecule has 5 heteroatoms. The largest absolute Gasteiger partial charge is 0.450 e. The first-order valence-corrected chi connectivity index (χ1v) is 8.95. The molecule has 2 amide bonds. The van der Waals surface area contributed by atoms with Gasteiger partial charge in [0.25, 0.3) is 0 Å². The molecule has 2 aromatic carbocycles. The van der Waals surface area contributed by atoms with E-state index >= 15 is 0 Å². The minimum absolute atomic E-state index is 0.110.